The first-order chi connectivity index (χ1) is 10.1. The van der Waals surface area contributed by atoms with Crippen LogP contribution in [0.5, 0.6) is 0 Å². The molecule has 0 bridgehead atoms. The summed E-state index contributed by atoms with van der Waals surface area (Å²) in [6, 6.07) is 6.54. The molecule has 2 unspecified atom stereocenters. The van der Waals surface area contributed by atoms with Crippen LogP contribution in [-0.2, 0) is 11.3 Å². The van der Waals surface area contributed by atoms with Gasteiger partial charge in [0, 0.05) is 30.6 Å². The maximum absolute atomic E-state index is 12.0. The normalized spacial score (nSPS) is 20.8. The van der Waals surface area contributed by atoms with E-state index in [-0.39, 0.29) is 42.5 Å². The molecule has 2 atom stereocenters. The third kappa shape index (κ3) is 4.96. The molecule has 1 aromatic rings. The average Bonchev–Trinajstić information content (AvgIpc) is 2.48. The quantitative estimate of drug-likeness (QED) is 0.641. The highest BCUT2D eigenvalue weighted by Crippen LogP contribution is 2.25. The third-order valence-electron chi connectivity index (χ3n) is 4.08. The maximum atomic E-state index is 12.0. The number of para-hydroxylation sites is 1. The van der Waals surface area contributed by atoms with Crippen LogP contribution >= 0.6 is 12.4 Å². The van der Waals surface area contributed by atoms with E-state index in [9.17, 15) is 14.9 Å². The fourth-order valence-electron chi connectivity index (χ4n) is 2.83. The first kappa shape index (κ1) is 18.4. The second-order valence-corrected chi connectivity index (χ2v) is 5.58. The number of nitrogens with one attached hydrogen (secondary N) is 1. The van der Waals surface area contributed by atoms with Gasteiger partial charge in [-0.15, -0.1) is 12.4 Å². The minimum atomic E-state index is -0.432. The van der Waals surface area contributed by atoms with E-state index >= 15 is 0 Å². The van der Waals surface area contributed by atoms with Gasteiger partial charge in [0.1, 0.15) is 0 Å². The number of nitrogens with zero attached hydrogens (tertiary/aromatic N) is 1. The van der Waals surface area contributed by atoms with Crippen LogP contribution in [-0.4, -0.2) is 16.9 Å². The highest BCUT2D eigenvalue weighted by Gasteiger charge is 2.24. The number of amides is 1. The van der Waals surface area contributed by atoms with E-state index in [0.29, 0.717) is 12.0 Å². The number of nitrogens with two attached hydrogens (primary N) is 1. The van der Waals surface area contributed by atoms with Gasteiger partial charge in [0.05, 0.1) is 4.92 Å². The molecule has 122 valence electrons. The summed E-state index contributed by atoms with van der Waals surface area (Å²) in [5.74, 6) is 0.139. The van der Waals surface area contributed by atoms with Crippen molar-refractivity contribution in [2.24, 2.45) is 11.7 Å². The summed E-state index contributed by atoms with van der Waals surface area (Å²) >= 11 is 0. The molecule has 1 aromatic carbocycles. The van der Waals surface area contributed by atoms with Gasteiger partial charge < -0.3 is 11.1 Å². The molecule has 3 N–H and O–H groups in total. The first-order valence-corrected chi connectivity index (χ1v) is 7.32. The Morgan fingerprint density at radius 3 is 2.68 bits per heavy atom. The Kier molecular flexibility index (Phi) is 7.27. The molecule has 6 nitrogen and oxygen atoms in total. The van der Waals surface area contributed by atoms with E-state index in [1.165, 1.54) is 6.07 Å². The van der Waals surface area contributed by atoms with Gasteiger partial charge in [-0.3, -0.25) is 14.9 Å². The molecule has 1 fully saturated rings. The summed E-state index contributed by atoms with van der Waals surface area (Å²) in [7, 11) is 0. The van der Waals surface area contributed by atoms with Crippen molar-refractivity contribution < 1.29 is 9.72 Å². The molecule has 0 spiro atoms. The summed E-state index contributed by atoms with van der Waals surface area (Å²) in [6.07, 6.45) is 4.62. The Hall–Kier alpha value is -1.66. The van der Waals surface area contributed by atoms with Crippen LogP contribution < -0.4 is 11.1 Å². The van der Waals surface area contributed by atoms with Gasteiger partial charge in [-0.2, -0.15) is 0 Å². The van der Waals surface area contributed by atoms with Gasteiger partial charge in [0.15, 0.2) is 0 Å². The van der Waals surface area contributed by atoms with E-state index in [4.69, 9.17) is 5.73 Å². The maximum Gasteiger partial charge on any atom is 0.274 e. The van der Waals surface area contributed by atoms with Crippen LogP contribution in [0, 0.1) is 16.0 Å². The Labute approximate surface area is 136 Å². The van der Waals surface area contributed by atoms with Crippen molar-refractivity contribution in [2.75, 3.05) is 0 Å². The molecule has 0 saturated heterocycles. The zero-order valence-electron chi connectivity index (χ0n) is 12.4. The minimum absolute atomic E-state index is 0. The van der Waals surface area contributed by atoms with Gasteiger partial charge in [-0.05, 0) is 18.8 Å². The van der Waals surface area contributed by atoms with Gasteiger partial charge in [0.2, 0.25) is 5.91 Å². The predicted molar refractivity (Wildman–Crippen MR) is 86.7 cm³/mol. The fraction of sp³-hybridized carbons (Fsp3) is 0.533. The zero-order valence-corrected chi connectivity index (χ0v) is 13.2. The SMILES string of the molecule is Cl.NC1CCCCC1CC(=O)NCc1ccccc1[N+](=O)[O-]. The second kappa shape index (κ2) is 8.70. The lowest BCUT2D eigenvalue weighted by atomic mass is 9.83. The topological polar surface area (TPSA) is 98.3 Å². The van der Waals surface area contributed by atoms with Gasteiger partial charge >= 0.3 is 0 Å². The van der Waals surface area contributed by atoms with Crippen molar-refractivity contribution in [1.29, 1.82) is 0 Å². The van der Waals surface area contributed by atoms with E-state index in [1.807, 2.05) is 0 Å². The second-order valence-electron chi connectivity index (χ2n) is 5.58. The number of hydrogen-bond donors (Lipinski definition) is 2. The van der Waals surface area contributed by atoms with Gasteiger partial charge in [-0.1, -0.05) is 31.0 Å². The molecule has 1 amide bonds. The smallest absolute Gasteiger partial charge is 0.274 e. The first-order valence-electron chi connectivity index (χ1n) is 7.32. The lowest BCUT2D eigenvalue weighted by Crippen LogP contribution is -2.37. The van der Waals surface area contributed by atoms with E-state index in [1.54, 1.807) is 18.2 Å². The summed E-state index contributed by atoms with van der Waals surface area (Å²) in [4.78, 5) is 22.4. The van der Waals surface area contributed by atoms with Gasteiger partial charge in [-0.25, -0.2) is 0 Å². The standard InChI is InChI=1S/C15H21N3O3.ClH/c16-13-7-3-1-5-11(13)9-15(19)17-10-12-6-2-4-8-14(12)18(20)21;/h2,4,6,8,11,13H,1,3,5,7,9-10,16H2,(H,17,19);1H. The number of nitro benzene ring substituents is 1. The Bertz CT molecular complexity index is 525. The van der Waals surface area contributed by atoms with Crippen molar-refractivity contribution in [3.8, 4) is 0 Å². The Morgan fingerprint density at radius 2 is 2.00 bits per heavy atom. The van der Waals surface area contributed by atoms with Crippen LogP contribution in [0.25, 0.3) is 0 Å². The molecule has 0 heterocycles. The molecule has 22 heavy (non-hydrogen) atoms. The summed E-state index contributed by atoms with van der Waals surface area (Å²) in [5, 5.41) is 13.7. The lowest BCUT2D eigenvalue weighted by Gasteiger charge is -2.27. The van der Waals surface area contributed by atoms with Crippen molar-refractivity contribution >= 4 is 24.0 Å². The number of carbonyl (C=O) groups excluding carboxylic acids is 1. The molecule has 7 heteroatoms. The number of nitro groups is 1. The molecule has 0 radical (unpaired) electrons. The average molecular weight is 328 g/mol. The lowest BCUT2D eigenvalue weighted by molar-refractivity contribution is -0.385. The molecule has 0 aliphatic heterocycles. The van der Waals surface area contributed by atoms with Crippen LogP contribution in [0.2, 0.25) is 0 Å². The van der Waals surface area contributed by atoms with Gasteiger partial charge in [0.25, 0.3) is 5.69 Å². The number of rotatable bonds is 5. The minimum Gasteiger partial charge on any atom is -0.352 e. The van der Waals surface area contributed by atoms with Crippen LogP contribution in [0.1, 0.15) is 37.7 Å². The van der Waals surface area contributed by atoms with Crippen LogP contribution in [0.3, 0.4) is 0 Å². The van der Waals surface area contributed by atoms with Crippen molar-refractivity contribution in [1.82, 2.24) is 5.32 Å². The Balaban J connectivity index is 0.00000242. The monoisotopic (exact) mass is 327 g/mol. The van der Waals surface area contributed by atoms with E-state index in [0.717, 1.165) is 25.7 Å². The fourth-order valence-corrected chi connectivity index (χ4v) is 2.83. The third-order valence-corrected chi connectivity index (χ3v) is 4.08. The highest BCUT2D eigenvalue weighted by atomic mass is 35.5. The van der Waals surface area contributed by atoms with Crippen molar-refractivity contribution in [3.05, 3.63) is 39.9 Å². The van der Waals surface area contributed by atoms with Crippen molar-refractivity contribution in [2.45, 2.75) is 44.7 Å². The number of hydrogen-bond acceptors (Lipinski definition) is 4. The van der Waals surface area contributed by atoms with E-state index < -0.39 is 4.92 Å². The summed E-state index contributed by atoms with van der Waals surface area (Å²) in [5.41, 5.74) is 6.58. The Morgan fingerprint density at radius 1 is 1.32 bits per heavy atom. The molecule has 1 saturated carbocycles. The predicted octanol–water partition coefficient (Wildman–Crippen LogP) is 2.54. The zero-order chi connectivity index (χ0) is 15.2. The molecule has 1 aliphatic carbocycles. The molecule has 1 aliphatic rings. The largest absolute Gasteiger partial charge is 0.352 e. The van der Waals surface area contributed by atoms with E-state index in [2.05, 4.69) is 5.32 Å². The number of benzene rings is 1. The highest BCUT2D eigenvalue weighted by molar-refractivity contribution is 5.85. The molecule has 2 rings (SSSR count). The molecular formula is C15H22ClN3O3. The summed E-state index contributed by atoms with van der Waals surface area (Å²) < 4.78 is 0. The summed E-state index contributed by atoms with van der Waals surface area (Å²) in [6.45, 7) is 0.179. The molecular weight excluding hydrogens is 306 g/mol. The van der Waals surface area contributed by atoms with Crippen LogP contribution in [0.4, 0.5) is 5.69 Å². The number of halogens is 1. The number of carbonyl (C=O) groups is 1. The molecule has 0 aromatic heterocycles. The van der Waals surface area contributed by atoms with Crippen molar-refractivity contribution in [3.63, 3.8) is 0 Å². The van der Waals surface area contributed by atoms with Crippen LogP contribution in [0.15, 0.2) is 24.3 Å².